The molecule has 1 aromatic carbocycles. The first-order valence-corrected chi connectivity index (χ1v) is 6.92. The van der Waals surface area contributed by atoms with Crippen LogP contribution in [0.3, 0.4) is 0 Å². The molecule has 108 valence electrons. The molecule has 0 radical (unpaired) electrons. The Balaban J connectivity index is 1.88. The van der Waals surface area contributed by atoms with Crippen LogP contribution in [0, 0.1) is 0 Å². The molecule has 1 fully saturated rings. The molecule has 0 aliphatic carbocycles. The second-order valence-corrected chi connectivity index (χ2v) is 5.41. The lowest BCUT2D eigenvalue weighted by Crippen LogP contribution is -2.39. The van der Waals surface area contributed by atoms with Crippen molar-refractivity contribution in [3.05, 3.63) is 33.8 Å². The van der Waals surface area contributed by atoms with Crippen LogP contribution in [-0.2, 0) is 4.79 Å². The molecule has 7 heteroatoms. The monoisotopic (exact) mass is 316 g/mol. The number of likely N-dealkylation sites (tertiary alicyclic amines) is 1. The molecule has 1 atom stereocenters. The Morgan fingerprint density at radius 3 is 2.70 bits per heavy atom. The van der Waals surface area contributed by atoms with Crippen molar-refractivity contribution in [2.75, 3.05) is 19.6 Å². The van der Waals surface area contributed by atoms with E-state index < -0.39 is 12.0 Å². The van der Waals surface area contributed by atoms with Crippen LogP contribution in [0.15, 0.2) is 18.2 Å². The molecule has 2 rings (SSSR count). The van der Waals surface area contributed by atoms with Gasteiger partial charge in [-0.15, -0.1) is 0 Å². The highest BCUT2D eigenvalue weighted by Crippen LogP contribution is 2.22. The zero-order chi connectivity index (χ0) is 14.7. The van der Waals surface area contributed by atoms with E-state index in [1.807, 2.05) is 0 Å². The predicted octanol–water partition coefficient (Wildman–Crippen LogP) is 1.32. The fourth-order valence-corrected chi connectivity index (χ4v) is 2.27. The number of benzene rings is 1. The third kappa shape index (κ3) is 3.62. The molecule has 0 aromatic heterocycles. The Bertz CT molecular complexity index is 536. The first-order valence-electron chi connectivity index (χ1n) is 6.16. The van der Waals surface area contributed by atoms with E-state index in [1.54, 1.807) is 0 Å². The number of carbonyl (C=O) groups is 2. The molecule has 1 heterocycles. The third-order valence-electron chi connectivity index (χ3n) is 3.10. The van der Waals surface area contributed by atoms with E-state index in [-0.39, 0.29) is 17.5 Å². The Morgan fingerprint density at radius 2 is 2.10 bits per heavy atom. The van der Waals surface area contributed by atoms with Crippen LogP contribution in [-0.4, -0.2) is 47.6 Å². The fraction of sp³-hybridized carbons (Fsp3) is 0.385. The molecule has 2 amide bonds. The Morgan fingerprint density at radius 1 is 1.35 bits per heavy atom. The van der Waals surface area contributed by atoms with Crippen LogP contribution in [0.25, 0.3) is 0 Å². The smallest absolute Gasteiger partial charge is 0.251 e. The maximum absolute atomic E-state index is 11.9. The summed E-state index contributed by atoms with van der Waals surface area (Å²) in [4.78, 5) is 25.2. The van der Waals surface area contributed by atoms with E-state index >= 15 is 0 Å². The normalized spacial score (nSPS) is 18.1. The molecule has 1 aliphatic heterocycles. The molecule has 2 N–H and O–H groups in total. The Labute approximate surface area is 126 Å². The summed E-state index contributed by atoms with van der Waals surface area (Å²) < 4.78 is 0. The van der Waals surface area contributed by atoms with E-state index in [2.05, 4.69) is 5.32 Å². The molecule has 1 aromatic rings. The van der Waals surface area contributed by atoms with E-state index in [1.165, 1.54) is 23.1 Å². The van der Waals surface area contributed by atoms with Gasteiger partial charge in [-0.2, -0.15) is 0 Å². The lowest BCUT2D eigenvalue weighted by atomic mass is 10.2. The zero-order valence-electron chi connectivity index (χ0n) is 10.6. The maximum atomic E-state index is 11.9. The van der Waals surface area contributed by atoms with Crippen molar-refractivity contribution in [3.8, 4) is 0 Å². The zero-order valence-corrected chi connectivity index (χ0v) is 12.1. The highest BCUT2D eigenvalue weighted by molar-refractivity contribution is 6.42. The average Bonchev–Trinajstić information content (AvgIpc) is 2.85. The van der Waals surface area contributed by atoms with Crippen LogP contribution in [0.1, 0.15) is 16.8 Å². The minimum absolute atomic E-state index is 0.105. The summed E-state index contributed by atoms with van der Waals surface area (Å²) >= 11 is 11.6. The van der Waals surface area contributed by atoms with Gasteiger partial charge in [0.2, 0.25) is 5.91 Å². The molecule has 1 aliphatic rings. The lowest BCUT2D eigenvalue weighted by Gasteiger charge is -2.15. The number of hydrogen-bond donors (Lipinski definition) is 2. The molecule has 0 spiro atoms. The first-order chi connectivity index (χ1) is 9.47. The highest BCUT2D eigenvalue weighted by atomic mass is 35.5. The summed E-state index contributed by atoms with van der Waals surface area (Å²) in [6.45, 7) is 0.732. The molecule has 1 unspecified atom stereocenters. The summed E-state index contributed by atoms with van der Waals surface area (Å²) in [7, 11) is 0. The van der Waals surface area contributed by atoms with Gasteiger partial charge < -0.3 is 15.3 Å². The number of β-amino-alcohol motifs (C(OH)–C–C–N with tert-alkyl or cyclic N) is 1. The van der Waals surface area contributed by atoms with Gasteiger partial charge in [-0.05, 0) is 24.6 Å². The summed E-state index contributed by atoms with van der Waals surface area (Å²) in [5.41, 5.74) is 0.341. The van der Waals surface area contributed by atoms with Gasteiger partial charge in [0.25, 0.3) is 5.91 Å². The molecule has 20 heavy (non-hydrogen) atoms. The summed E-state index contributed by atoms with van der Waals surface area (Å²) in [6.07, 6.45) is 0.108. The van der Waals surface area contributed by atoms with Gasteiger partial charge in [0, 0.05) is 18.7 Å². The second-order valence-electron chi connectivity index (χ2n) is 4.59. The van der Waals surface area contributed by atoms with E-state index in [9.17, 15) is 14.7 Å². The predicted molar refractivity (Wildman–Crippen MR) is 76.0 cm³/mol. The van der Waals surface area contributed by atoms with Crippen molar-refractivity contribution in [1.82, 2.24) is 10.2 Å². The highest BCUT2D eigenvalue weighted by Gasteiger charge is 2.24. The summed E-state index contributed by atoms with van der Waals surface area (Å²) in [5, 5.41) is 12.5. The maximum Gasteiger partial charge on any atom is 0.251 e. The minimum Gasteiger partial charge on any atom is -0.391 e. The van der Waals surface area contributed by atoms with Crippen LogP contribution in [0.4, 0.5) is 0 Å². The molecule has 0 bridgehead atoms. The number of amides is 2. The SMILES string of the molecule is O=C(NCC(=O)N1CCC(O)C1)c1ccc(Cl)c(Cl)c1. The first kappa shape index (κ1) is 15.1. The van der Waals surface area contributed by atoms with Gasteiger partial charge in [0.15, 0.2) is 0 Å². The van der Waals surface area contributed by atoms with E-state index in [4.69, 9.17) is 23.2 Å². The number of nitrogens with one attached hydrogen (secondary N) is 1. The number of rotatable bonds is 3. The van der Waals surface area contributed by atoms with Crippen LogP contribution in [0.2, 0.25) is 10.0 Å². The fourth-order valence-electron chi connectivity index (χ4n) is 1.98. The van der Waals surface area contributed by atoms with Crippen LogP contribution in [0.5, 0.6) is 0 Å². The van der Waals surface area contributed by atoms with Crippen molar-refractivity contribution in [2.24, 2.45) is 0 Å². The van der Waals surface area contributed by atoms with Gasteiger partial charge in [-0.25, -0.2) is 0 Å². The average molecular weight is 317 g/mol. The number of hydrogen-bond acceptors (Lipinski definition) is 3. The van der Waals surface area contributed by atoms with Gasteiger partial charge >= 0.3 is 0 Å². The van der Waals surface area contributed by atoms with Gasteiger partial charge in [0.1, 0.15) is 0 Å². The molecule has 5 nitrogen and oxygen atoms in total. The lowest BCUT2D eigenvalue weighted by molar-refractivity contribution is -0.129. The van der Waals surface area contributed by atoms with Crippen molar-refractivity contribution >= 4 is 35.0 Å². The van der Waals surface area contributed by atoms with Crippen molar-refractivity contribution < 1.29 is 14.7 Å². The molecule has 0 saturated carbocycles. The van der Waals surface area contributed by atoms with Crippen molar-refractivity contribution in [3.63, 3.8) is 0 Å². The summed E-state index contributed by atoms with van der Waals surface area (Å²) in [5.74, 6) is -0.605. The third-order valence-corrected chi connectivity index (χ3v) is 3.84. The number of aliphatic hydroxyl groups excluding tert-OH is 1. The molecular formula is C13H14Cl2N2O3. The van der Waals surface area contributed by atoms with Crippen LogP contribution >= 0.6 is 23.2 Å². The van der Waals surface area contributed by atoms with Gasteiger partial charge in [-0.3, -0.25) is 9.59 Å². The van der Waals surface area contributed by atoms with E-state index in [0.717, 1.165) is 0 Å². The number of nitrogens with zero attached hydrogens (tertiary/aromatic N) is 1. The Kier molecular flexibility index (Phi) is 4.86. The van der Waals surface area contributed by atoms with E-state index in [0.29, 0.717) is 30.1 Å². The largest absolute Gasteiger partial charge is 0.391 e. The standard InChI is InChI=1S/C13H14Cl2N2O3/c14-10-2-1-8(5-11(10)15)13(20)16-6-12(19)17-4-3-9(18)7-17/h1-2,5,9,18H,3-4,6-7H2,(H,16,20). The quantitative estimate of drug-likeness (QED) is 0.883. The Hall–Kier alpha value is -1.30. The second kappa shape index (κ2) is 6.43. The molecular weight excluding hydrogens is 303 g/mol. The van der Waals surface area contributed by atoms with Gasteiger partial charge in [-0.1, -0.05) is 23.2 Å². The van der Waals surface area contributed by atoms with Crippen molar-refractivity contribution in [2.45, 2.75) is 12.5 Å². The molecule has 1 saturated heterocycles. The minimum atomic E-state index is -0.468. The number of carbonyl (C=O) groups excluding carboxylic acids is 2. The number of halogens is 2. The topological polar surface area (TPSA) is 69.6 Å². The van der Waals surface area contributed by atoms with Crippen LogP contribution < -0.4 is 5.32 Å². The summed E-state index contributed by atoms with van der Waals surface area (Å²) in [6, 6.07) is 4.51. The van der Waals surface area contributed by atoms with Gasteiger partial charge in [0.05, 0.1) is 22.7 Å². The van der Waals surface area contributed by atoms with Crippen molar-refractivity contribution in [1.29, 1.82) is 0 Å². The number of aliphatic hydroxyl groups is 1.